The number of hydrogen-bond donors (Lipinski definition) is 1. The monoisotopic (exact) mass is 293 g/mol. The molecule has 1 heterocycles. The first-order valence-corrected chi connectivity index (χ1v) is 7.81. The number of rotatable bonds is 7. The van der Waals surface area contributed by atoms with Crippen molar-refractivity contribution in [2.45, 2.75) is 26.3 Å². The number of ether oxygens (including phenoxy) is 1. The summed E-state index contributed by atoms with van der Waals surface area (Å²) in [5, 5.41) is 7.47. The zero-order valence-corrected chi connectivity index (χ0v) is 12.7. The van der Waals surface area contributed by atoms with Crippen LogP contribution in [0.2, 0.25) is 0 Å². The third-order valence-corrected chi connectivity index (χ3v) is 3.91. The molecule has 0 saturated carbocycles. The molecule has 0 saturated heterocycles. The van der Waals surface area contributed by atoms with Crippen LogP contribution >= 0.6 is 11.3 Å². The Kier molecular flexibility index (Phi) is 5.56. The van der Waals surface area contributed by atoms with Crippen molar-refractivity contribution < 1.29 is 9.13 Å². The van der Waals surface area contributed by atoms with E-state index in [0.29, 0.717) is 6.61 Å². The van der Waals surface area contributed by atoms with E-state index in [-0.39, 0.29) is 11.9 Å². The lowest BCUT2D eigenvalue weighted by molar-refractivity contribution is 0.314. The van der Waals surface area contributed by atoms with Crippen LogP contribution in [0.1, 0.15) is 31.0 Å². The molecule has 0 aliphatic carbocycles. The van der Waals surface area contributed by atoms with Gasteiger partial charge in [0.1, 0.15) is 11.6 Å². The topological polar surface area (TPSA) is 21.3 Å². The van der Waals surface area contributed by atoms with Crippen molar-refractivity contribution in [3.63, 3.8) is 0 Å². The first-order chi connectivity index (χ1) is 9.70. The Hall–Kier alpha value is -1.39. The molecule has 0 spiro atoms. The van der Waals surface area contributed by atoms with Gasteiger partial charge in [-0.05, 0) is 54.1 Å². The van der Waals surface area contributed by atoms with Gasteiger partial charge in [0.05, 0.1) is 6.61 Å². The van der Waals surface area contributed by atoms with E-state index in [9.17, 15) is 4.39 Å². The van der Waals surface area contributed by atoms with E-state index in [1.807, 2.05) is 13.8 Å². The lowest BCUT2D eigenvalue weighted by Crippen LogP contribution is -2.19. The summed E-state index contributed by atoms with van der Waals surface area (Å²) < 4.78 is 19.2. The largest absolute Gasteiger partial charge is 0.493 e. The highest BCUT2D eigenvalue weighted by molar-refractivity contribution is 7.07. The van der Waals surface area contributed by atoms with Gasteiger partial charge >= 0.3 is 0 Å². The number of benzene rings is 1. The first kappa shape index (κ1) is 15.0. The Morgan fingerprint density at radius 1 is 1.35 bits per heavy atom. The van der Waals surface area contributed by atoms with Crippen LogP contribution < -0.4 is 10.1 Å². The van der Waals surface area contributed by atoms with Gasteiger partial charge in [-0.25, -0.2) is 4.39 Å². The second-order valence-electron chi connectivity index (χ2n) is 4.69. The SMILES string of the molecule is CCNC(C)c1cc(F)ccc1OCCc1ccsc1. The molecular weight excluding hydrogens is 273 g/mol. The van der Waals surface area contributed by atoms with Crippen LogP contribution in [0.4, 0.5) is 4.39 Å². The summed E-state index contributed by atoms with van der Waals surface area (Å²) in [6.07, 6.45) is 0.871. The van der Waals surface area contributed by atoms with Gasteiger partial charge in [0.2, 0.25) is 0 Å². The quantitative estimate of drug-likeness (QED) is 0.827. The minimum Gasteiger partial charge on any atom is -0.493 e. The van der Waals surface area contributed by atoms with Gasteiger partial charge in [-0.1, -0.05) is 6.92 Å². The Balaban J connectivity index is 2.02. The fraction of sp³-hybridized carbons (Fsp3) is 0.375. The Bertz CT molecular complexity index is 527. The molecule has 1 atom stereocenters. The summed E-state index contributed by atoms with van der Waals surface area (Å²) in [6, 6.07) is 6.88. The van der Waals surface area contributed by atoms with Crippen molar-refractivity contribution in [3.8, 4) is 5.75 Å². The molecule has 0 bridgehead atoms. The molecule has 1 aromatic carbocycles. The van der Waals surface area contributed by atoms with E-state index >= 15 is 0 Å². The third-order valence-electron chi connectivity index (χ3n) is 3.18. The maximum absolute atomic E-state index is 13.4. The number of hydrogen-bond acceptors (Lipinski definition) is 3. The standard InChI is InChI=1S/C16H20FNOS/c1-3-18-12(2)15-10-14(17)4-5-16(15)19-8-6-13-7-9-20-11-13/h4-5,7,9-12,18H,3,6,8H2,1-2H3. The predicted octanol–water partition coefficient (Wildman–Crippen LogP) is 4.18. The highest BCUT2D eigenvalue weighted by atomic mass is 32.1. The van der Waals surface area contributed by atoms with Gasteiger partial charge in [0.25, 0.3) is 0 Å². The smallest absolute Gasteiger partial charge is 0.124 e. The van der Waals surface area contributed by atoms with E-state index in [1.165, 1.54) is 11.6 Å². The van der Waals surface area contributed by atoms with Gasteiger partial charge in [-0.15, -0.1) is 0 Å². The number of nitrogens with one attached hydrogen (secondary N) is 1. The third kappa shape index (κ3) is 4.05. The first-order valence-electron chi connectivity index (χ1n) is 6.87. The maximum atomic E-state index is 13.4. The molecule has 4 heteroatoms. The van der Waals surface area contributed by atoms with E-state index in [2.05, 4.69) is 22.1 Å². The van der Waals surface area contributed by atoms with E-state index in [4.69, 9.17) is 4.74 Å². The molecule has 2 rings (SSSR count). The fourth-order valence-electron chi connectivity index (χ4n) is 2.12. The van der Waals surface area contributed by atoms with Gasteiger partial charge in [-0.3, -0.25) is 0 Å². The minimum absolute atomic E-state index is 0.0758. The summed E-state index contributed by atoms with van der Waals surface area (Å²) >= 11 is 1.69. The Labute approximate surface area is 123 Å². The van der Waals surface area contributed by atoms with Crippen LogP contribution in [0.25, 0.3) is 0 Å². The van der Waals surface area contributed by atoms with Gasteiger partial charge in [0, 0.05) is 18.0 Å². The molecule has 20 heavy (non-hydrogen) atoms. The summed E-state index contributed by atoms with van der Waals surface area (Å²) in [4.78, 5) is 0. The Morgan fingerprint density at radius 2 is 2.20 bits per heavy atom. The fourth-order valence-corrected chi connectivity index (χ4v) is 2.82. The summed E-state index contributed by atoms with van der Waals surface area (Å²) in [5.74, 6) is 0.532. The summed E-state index contributed by atoms with van der Waals surface area (Å²) in [7, 11) is 0. The van der Waals surface area contributed by atoms with Crippen LogP contribution in [0.15, 0.2) is 35.0 Å². The summed E-state index contributed by atoms with van der Waals surface area (Å²) in [5.41, 5.74) is 2.15. The van der Waals surface area contributed by atoms with Crippen molar-refractivity contribution in [1.29, 1.82) is 0 Å². The van der Waals surface area contributed by atoms with Crippen LogP contribution in [0.5, 0.6) is 5.75 Å². The van der Waals surface area contributed by atoms with Gasteiger partial charge < -0.3 is 10.1 Å². The number of thiophene rings is 1. The van der Waals surface area contributed by atoms with Crippen LogP contribution in [-0.2, 0) is 6.42 Å². The van der Waals surface area contributed by atoms with Crippen molar-refractivity contribution in [1.82, 2.24) is 5.32 Å². The molecule has 1 unspecified atom stereocenters. The molecule has 0 radical (unpaired) electrons. The minimum atomic E-state index is -0.227. The molecule has 1 N–H and O–H groups in total. The molecule has 2 nitrogen and oxygen atoms in total. The van der Waals surface area contributed by atoms with Crippen LogP contribution in [-0.4, -0.2) is 13.2 Å². The van der Waals surface area contributed by atoms with Gasteiger partial charge in [-0.2, -0.15) is 11.3 Å². The van der Waals surface area contributed by atoms with E-state index in [1.54, 1.807) is 23.5 Å². The molecule has 1 aromatic heterocycles. The van der Waals surface area contributed by atoms with E-state index < -0.39 is 0 Å². The van der Waals surface area contributed by atoms with E-state index in [0.717, 1.165) is 24.3 Å². The maximum Gasteiger partial charge on any atom is 0.124 e. The molecule has 0 aliphatic heterocycles. The average Bonchev–Trinajstić information content (AvgIpc) is 2.94. The molecule has 0 amide bonds. The number of halogens is 1. The van der Waals surface area contributed by atoms with Crippen molar-refractivity contribution >= 4 is 11.3 Å². The molecular formula is C16H20FNOS. The lowest BCUT2D eigenvalue weighted by atomic mass is 10.1. The Morgan fingerprint density at radius 3 is 2.90 bits per heavy atom. The second-order valence-corrected chi connectivity index (χ2v) is 5.47. The molecule has 0 fully saturated rings. The van der Waals surface area contributed by atoms with Crippen molar-refractivity contribution in [2.75, 3.05) is 13.2 Å². The van der Waals surface area contributed by atoms with Gasteiger partial charge in [0.15, 0.2) is 0 Å². The average molecular weight is 293 g/mol. The van der Waals surface area contributed by atoms with Crippen LogP contribution in [0.3, 0.4) is 0 Å². The van der Waals surface area contributed by atoms with Crippen LogP contribution in [0, 0.1) is 5.82 Å². The highest BCUT2D eigenvalue weighted by Gasteiger charge is 2.12. The molecule has 0 aliphatic rings. The van der Waals surface area contributed by atoms with Crippen molar-refractivity contribution in [2.24, 2.45) is 0 Å². The normalized spacial score (nSPS) is 12.3. The zero-order chi connectivity index (χ0) is 14.4. The van der Waals surface area contributed by atoms with Crippen molar-refractivity contribution in [3.05, 3.63) is 52.0 Å². The molecule has 108 valence electrons. The second kappa shape index (κ2) is 7.41. The predicted molar refractivity (Wildman–Crippen MR) is 82.0 cm³/mol. The highest BCUT2D eigenvalue weighted by Crippen LogP contribution is 2.26. The zero-order valence-electron chi connectivity index (χ0n) is 11.9. The summed E-state index contributed by atoms with van der Waals surface area (Å²) in [6.45, 7) is 5.50. The lowest BCUT2D eigenvalue weighted by Gasteiger charge is -2.17. The molecule has 2 aromatic rings.